The van der Waals surface area contributed by atoms with Crippen LogP contribution in [0.2, 0.25) is 0 Å². The minimum absolute atomic E-state index is 0.216. The number of methoxy groups -OCH3 is 2. The lowest BCUT2D eigenvalue weighted by Crippen LogP contribution is -2.46. The van der Waals surface area contributed by atoms with Gasteiger partial charge in [0.15, 0.2) is 6.61 Å². The molecule has 2 aromatic carbocycles. The number of rotatable bonds is 11. The van der Waals surface area contributed by atoms with Crippen LogP contribution in [0.3, 0.4) is 0 Å². The van der Waals surface area contributed by atoms with Gasteiger partial charge in [0.1, 0.15) is 17.5 Å². The first-order chi connectivity index (χ1) is 17.0. The predicted octanol–water partition coefficient (Wildman–Crippen LogP) is 2.41. The van der Waals surface area contributed by atoms with Crippen LogP contribution in [0.4, 0.5) is 5.69 Å². The molecule has 2 rings (SSSR count). The van der Waals surface area contributed by atoms with Crippen LogP contribution in [0, 0.1) is 12.8 Å². The van der Waals surface area contributed by atoms with Crippen molar-refractivity contribution >= 4 is 29.4 Å². The molecule has 0 aliphatic heterocycles. The number of nitrogens with zero attached hydrogens (tertiary/aromatic N) is 1. The van der Waals surface area contributed by atoms with Crippen molar-refractivity contribution < 1.29 is 33.4 Å². The van der Waals surface area contributed by atoms with Crippen LogP contribution < -0.4 is 20.1 Å². The molecule has 0 saturated carbocycles. The first kappa shape index (κ1) is 28.2. The maximum Gasteiger partial charge on any atom is 0.329 e. The van der Waals surface area contributed by atoms with E-state index in [1.54, 1.807) is 32.0 Å². The molecule has 10 heteroatoms. The van der Waals surface area contributed by atoms with Crippen LogP contribution in [0.5, 0.6) is 11.5 Å². The Bertz CT molecular complexity index is 1060. The minimum Gasteiger partial charge on any atom is -0.497 e. The second kappa shape index (κ2) is 13.1. The van der Waals surface area contributed by atoms with Gasteiger partial charge in [0.25, 0.3) is 11.8 Å². The van der Waals surface area contributed by atoms with Crippen molar-refractivity contribution in [3.63, 3.8) is 0 Å². The first-order valence-corrected chi connectivity index (χ1v) is 11.3. The van der Waals surface area contributed by atoms with E-state index >= 15 is 0 Å². The molecule has 0 spiro atoms. The van der Waals surface area contributed by atoms with Crippen molar-refractivity contribution in [2.24, 2.45) is 5.92 Å². The van der Waals surface area contributed by atoms with Gasteiger partial charge in [-0.25, -0.2) is 4.79 Å². The van der Waals surface area contributed by atoms with Gasteiger partial charge >= 0.3 is 5.97 Å². The van der Waals surface area contributed by atoms with Gasteiger partial charge in [-0.3, -0.25) is 14.4 Å². The molecule has 0 radical (unpaired) electrons. The maximum absolute atomic E-state index is 12.8. The van der Waals surface area contributed by atoms with Crippen molar-refractivity contribution in [2.45, 2.75) is 26.8 Å². The van der Waals surface area contributed by atoms with E-state index in [4.69, 9.17) is 14.2 Å². The van der Waals surface area contributed by atoms with Crippen LogP contribution in [-0.2, 0) is 19.1 Å². The summed E-state index contributed by atoms with van der Waals surface area (Å²) in [6.07, 6.45) is 0. The number of nitrogens with one attached hydrogen (secondary N) is 2. The molecule has 194 valence electrons. The third-order valence-corrected chi connectivity index (χ3v) is 5.30. The number of anilines is 1. The number of aryl methyl sites for hydroxylation is 1. The molecule has 0 aliphatic carbocycles. The number of likely N-dealkylation sites (N-methyl/N-ethyl adjacent to an activating group) is 1. The average Bonchev–Trinajstić information content (AvgIpc) is 2.85. The van der Waals surface area contributed by atoms with Crippen LogP contribution in [-0.4, -0.2) is 69.1 Å². The summed E-state index contributed by atoms with van der Waals surface area (Å²) in [5, 5.41) is 5.34. The number of carbonyl (C=O) groups is 4. The summed E-state index contributed by atoms with van der Waals surface area (Å²) in [6, 6.07) is 10.9. The van der Waals surface area contributed by atoms with Crippen LogP contribution in [0.25, 0.3) is 0 Å². The van der Waals surface area contributed by atoms with E-state index in [0.29, 0.717) is 17.2 Å². The molecule has 3 amide bonds. The van der Waals surface area contributed by atoms with Gasteiger partial charge in [0, 0.05) is 24.4 Å². The Morgan fingerprint density at radius 3 is 2.06 bits per heavy atom. The smallest absolute Gasteiger partial charge is 0.329 e. The van der Waals surface area contributed by atoms with E-state index in [2.05, 4.69) is 10.6 Å². The highest BCUT2D eigenvalue weighted by atomic mass is 16.5. The molecule has 0 fully saturated rings. The number of esters is 1. The standard InChI is InChI=1S/C26H33N3O7/c1-16(2)24(28-25(32)18-11-20(34-5)13-21(12-18)35-6)26(33)36-15-23(31)29(4)14-22(30)27-19-9-7-17(3)8-10-19/h7-13,16,24H,14-15H2,1-6H3,(H,27,30)(H,28,32)/t24-/m0/s1. The lowest BCUT2D eigenvalue weighted by atomic mass is 10.0. The highest BCUT2D eigenvalue weighted by Crippen LogP contribution is 2.22. The third-order valence-electron chi connectivity index (χ3n) is 5.30. The fourth-order valence-electron chi connectivity index (χ4n) is 3.13. The summed E-state index contributed by atoms with van der Waals surface area (Å²) >= 11 is 0. The molecule has 0 saturated heterocycles. The van der Waals surface area contributed by atoms with Gasteiger partial charge in [-0.15, -0.1) is 0 Å². The molecule has 0 unspecified atom stereocenters. The Balaban J connectivity index is 1.92. The number of ether oxygens (including phenoxy) is 3. The van der Waals surface area contributed by atoms with Crippen molar-refractivity contribution in [1.82, 2.24) is 10.2 Å². The number of carbonyl (C=O) groups excluding carboxylic acids is 4. The average molecular weight is 500 g/mol. The summed E-state index contributed by atoms with van der Waals surface area (Å²) in [5.41, 5.74) is 1.91. The van der Waals surface area contributed by atoms with Gasteiger partial charge < -0.3 is 29.7 Å². The van der Waals surface area contributed by atoms with Gasteiger partial charge in [-0.05, 0) is 37.1 Å². The molecule has 0 heterocycles. The Hall–Kier alpha value is -4.08. The zero-order valence-electron chi connectivity index (χ0n) is 21.4. The number of benzene rings is 2. The molecule has 2 N–H and O–H groups in total. The maximum atomic E-state index is 12.8. The largest absolute Gasteiger partial charge is 0.497 e. The number of amides is 3. The summed E-state index contributed by atoms with van der Waals surface area (Å²) in [5.74, 6) is -1.72. The van der Waals surface area contributed by atoms with E-state index in [9.17, 15) is 19.2 Å². The lowest BCUT2D eigenvalue weighted by molar-refractivity contribution is -0.154. The number of hydrogen-bond acceptors (Lipinski definition) is 7. The third kappa shape index (κ3) is 8.30. The van der Waals surface area contributed by atoms with Crippen molar-refractivity contribution in [1.29, 1.82) is 0 Å². The predicted molar refractivity (Wildman–Crippen MR) is 134 cm³/mol. The highest BCUT2D eigenvalue weighted by Gasteiger charge is 2.28. The quantitative estimate of drug-likeness (QED) is 0.455. The monoisotopic (exact) mass is 499 g/mol. The summed E-state index contributed by atoms with van der Waals surface area (Å²) in [6.45, 7) is 4.62. The molecule has 0 aliphatic rings. The first-order valence-electron chi connectivity index (χ1n) is 11.3. The van der Waals surface area contributed by atoms with Crippen molar-refractivity contribution in [3.8, 4) is 11.5 Å². The van der Waals surface area contributed by atoms with Gasteiger partial charge in [-0.2, -0.15) is 0 Å². The zero-order valence-corrected chi connectivity index (χ0v) is 21.4. The molecule has 36 heavy (non-hydrogen) atoms. The Kier molecular flexibility index (Phi) is 10.3. The lowest BCUT2D eigenvalue weighted by Gasteiger charge is -2.22. The summed E-state index contributed by atoms with van der Waals surface area (Å²) < 4.78 is 15.5. The summed E-state index contributed by atoms with van der Waals surface area (Å²) in [7, 11) is 4.36. The molecule has 0 bridgehead atoms. The van der Waals surface area contributed by atoms with E-state index in [1.165, 1.54) is 33.4 Å². The van der Waals surface area contributed by atoms with E-state index in [0.717, 1.165) is 10.5 Å². The Labute approximate surface area is 210 Å². The van der Waals surface area contributed by atoms with Gasteiger partial charge in [0.05, 0.1) is 20.8 Å². The molecule has 10 nitrogen and oxygen atoms in total. The normalized spacial score (nSPS) is 11.3. The Morgan fingerprint density at radius 2 is 1.53 bits per heavy atom. The topological polar surface area (TPSA) is 123 Å². The van der Waals surface area contributed by atoms with Crippen molar-refractivity contribution in [2.75, 3.05) is 39.7 Å². The molecule has 2 aromatic rings. The van der Waals surface area contributed by atoms with E-state index in [-0.39, 0.29) is 23.9 Å². The van der Waals surface area contributed by atoms with Gasteiger partial charge in [-0.1, -0.05) is 31.5 Å². The molecular formula is C26H33N3O7. The zero-order chi connectivity index (χ0) is 26.8. The minimum atomic E-state index is -1.00. The van der Waals surface area contributed by atoms with E-state index < -0.39 is 30.4 Å². The highest BCUT2D eigenvalue weighted by molar-refractivity contribution is 5.98. The van der Waals surface area contributed by atoms with Gasteiger partial charge in [0.2, 0.25) is 5.91 Å². The van der Waals surface area contributed by atoms with E-state index in [1.807, 2.05) is 19.1 Å². The molecular weight excluding hydrogens is 466 g/mol. The number of hydrogen-bond donors (Lipinski definition) is 2. The molecule has 1 atom stereocenters. The van der Waals surface area contributed by atoms with Crippen molar-refractivity contribution in [3.05, 3.63) is 53.6 Å². The van der Waals surface area contributed by atoms with Crippen LogP contribution >= 0.6 is 0 Å². The SMILES string of the molecule is COc1cc(OC)cc(C(=O)N[C@H](C(=O)OCC(=O)N(C)CC(=O)Nc2ccc(C)cc2)C(C)C)c1. The second-order valence-corrected chi connectivity index (χ2v) is 8.57. The fourth-order valence-corrected chi connectivity index (χ4v) is 3.13. The van der Waals surface area contributed by atoms with Crippen LogP contribution in [0.1, 0.15) is 29.8 Å². The molecule has 0 aromatic heterocycles. The summed E-state index contributed by atoms with van der Waals surface area (Å²) in [4.78, 5) is 51.2. The fraction of sp³-hybridized carbons (Fsp3) is 0.385. The Morgan fingerprint density at radius 1 is 0.944 bits per heavy atom. The van der Waals surface area contributed by atoms with Crippen LogP contribution in [0.15, 0.2) is 42.5 Å². The second-order valence-electron chi connectivity index (χ2n) is 8.57.